The smallest absolute Gasteiger partial charge is 0.264 e. The van der Waals surface area contributed by atoms with Gasteiger partial charge in [-0.25, -0.2) is 0 Å². The predicted molar refractivity (Wildman–Crippen MR) is 106 cm³/mol. The highest BCUT2D eigenvalue weighted by Crippen LogP contribution is 2.29. The Morgan fingerprint density at radius 1 is 1.19 bits per heavy atom. The van der Waals surface area contributed by atoms with Crippen LogP contribution in [0.1, 0.15) is 41.6 Å². The van der Waals surface area contributed by atoms with Crippen LogP contribution in [0.2, 0.25) is 0 Å². The van der Waals surface area contributed by atoms with Crippen LogP contribution in [0.15, 0.2) is 30.3 Å². The lowest BCUT2D eigenvalue weighted by Gasteiger charge is -2.17. The van der Waals surface area contributed by atoms with Crippen LogP contribution in [0, 0.1) is 12.3 Å². The topological polar surface area (TPSA) is 58.6 Å². The number of amides is 2. The highest BCUT2D eigenvalue weighted by atomic mass is 32.1. The molecule has 140 valence electrons. The standard InChI is InChI=1S/C20H26N2O3S/c1-13-11-16(21-19(24)20(2,3)4)26-17(13)18(23)22(5)12-14-7-9-15(25-6)10-8-14/h7-11H,12H2,1-6H3,(H,21,24). The Morgan fingerprint density at radius 3 is 2.35 bits per heavy atom. The Bertz CT molecular complexity index is 788. The molecule has 0 spiro atoms. The van der Waals surface area contributed by atoms with E-state index < -0.39 is 5.41 Å². The Morgan fingerprint density at radius 2 is 1.81 bits per heavy atom. The van der Waals surface area contributed by atoms with E-state index >= 15 is 0 Å². The zero-order valence-electron chi connectivity index (χ0n) is 16.2. The summed E-state index contributed by atoms with van der Waals surface area (Å²) < 4.78 is 5.15. The number of hydrogen-bond donors (Lipinski definition) is 1. The van der Waals surface area contributed by atoms with Crippen LogP contribution in [-0.2, 0) is 11.3 Å². The molecular formula is C20H26N2O3S. The molecule has 0 radical (unpaired) electrons. The zero-order valence-corrected chi connectivity index (χ0v) is 17.0. The Hall–Kier alpha value is -2.34. The molecule has 0 aliphatic heterocycles. The molecule has 0 aliphatic rings. The molecule has 0 saturated carbocycles. The molecule has 2 amide bonds. The molecule has 0 unspecified atom stereocenters. The summed E-state index contributed by atoms with van der Waals surface area (Å²) in [4.78, 5) is 27.2. The SMILES string of the molecule is COc1ccc(CN(C)C(=O)c2sc(NC(=O)C(C)(C)C)cc2C)cc1. The molecule has 2 aromatic rings. The second-order valence-corrected chi connectivity index (χ2v) is 8.39. The van der Waals surface area contributed by atoms with Crippen molar-refractivity contribution in [2.24, 2.45) is 5.41 Å². The lowest BCUT2D eigenvalue weighted by atomic mass is 9.96. The van der Waals surface area contributed by atoms with Gasteiger partial charge in [0.2, 0.25) is 5.91 Å². The maximum Gasteiger partial charge on any atom is 0.264 e. The third-order valence-corrected chi connectivity index (χ3v) is 5.10. The monoisotopic (exact) mass is 374 g/mol. The van der Waals surface area contributed by atoms with Crippen molar-refractivity contribution in [3.8, 4) is 5.75 Å². The molecule has 0 bridgehead atoms. The van der Waals surface area contributed by atoms with E-state index in [1.165, 1.54) is 11.3 Å². The maximum absolute atomic E-state index is 12.8. The predicted octanol–water partition coefficient (Wildman–Crippen LogP) is 4.32. The van der Waals surface area contributed by atoms with Gasteiger partial charge in [0.15, 0.2) is 0 Å². The molecule has 26 heavy (non-hydrogen) atoms. The number of rotatable bonds is 5. The molecule has 1 aromatic heterocycles. The average Bonchev–Trinajstić information content (AvgIpc) is 2.94. The Labute approximate surface area is 159 Å². The van der Waals surface area contributed by atoms with E-state index in [0.29, 0.717) is 16.4 Å². The second-order valence-electron chi connectivity index (χ2n) is 7.34. The van der Waals surface area contributed by atoms with Gasteiger partial charge in [0, 0.05) is 19.0 Å². The fourth-order valence-corrected chi connectivity index (χ4v) is 3.37. The Balaban J connectivity index is 2.09. The van der Waals surface area contributed by atoms with Crippen molar-refractivity contribution in [2.75, 3.05) is 19.5 Å². The van der Waals surface area contributed by atoms with Gasteiger partial charge in [0.25, 0.3) is 5.91 Å². The Kier molecular flexibility index (Phi) is 6.08. The minimum absolute atomic E-state index is 0.0559. The van der Waals surface area contributed by atoms with Gasteiger partial charge in [0.05, 0.1) is 17.0 Å². The fourth-order valence-electron chi connectivity index (χ4n) is 2.31. The molecule has 1 heterocycles. The summed E-state index contributed by atoms with van der Waals surface area (Å²) in [6.07, 6.45) is 0. The van der Waals surface area contributed by atoms with E-state index in [0.717, 1.165) is 16.9 Å². The number of benzene rings is 1. The van der Waals surface area contributed by atoms with Crippen LogP contribution in [0.25, 0.3) is 0 Å². The third kappa shape index (κ3) is 4.85. The summed E-state index contributed by atoms with van der Waals surface area (Å²) in [6, 6.07) is 9.49. The second kappa shape index (κ2) is 7.91. The third-order valence-electron chi connectivity index (χ3n) is 3.96. The number of nitrogens with one attached hydrogen (secondary N) is 1. The lowest BCUT2D eigenvalue weighted by molar-refractivity contribution is -0.123. The first kappa shape index (κ1) is 20.0. The summed E-state index contributed by atoms with van der Waals surface area (Å²) in [5.74, 6) is 0.667. The first-order valence-electron chi connectivity index (χ1n) is 8.42. The van der Waals surface area contributed by atoms with Gasteiger partial charge in [-0.05, 0) is 36.2 Å². The van der Waals surface area contributed by atoms with Gasteiger partial charge in [0.1, 0.15) is 5.75 Å². The van der Waals surface area contributed by atoms with Gasteiger partial charge in [-0.15, -0.1) is 11.3 Å². The van der Waals surface area contributed by atoms with Crippen LogP contribution in [0.5, 0.6) is 5.75 Å². The molecule has 1 aromatic carbocycles. The van der Waals surface area contributed by atoms with E-state index in [1.54, 1.807) is 19.1 Å². The van der Waals surface area contributed by atoms with Gasteiger partial charge >= 0.3 is 0 Å². The van der Waals surface area contributed by atoms with E-state index in [4.69, 9.17) is 4.74 Å². The molecule has 1 N–H and O–H groups in total. The summed E-state index contributed by atoms with van der Waals surface area (Å²) >= 11 is 1.31. The molecule has 0 saturated heterocycles. The number of carbonyl (C=O) groups is 2. The van der Waals surface area contributed by atoms with Gasteiger partial charge in [-0.2, -0.15) is 0 Å². The van der Waals surface area contributed by atoms with Crippen LogP contribution in [-0.4, -0.2) is 30.9 Å². The average molecular weight is 375 g/mol. The quantitative estimate of drug-likeness (QED) is 0.848. The van der Waals surface area contributed by atoms with Gasteiger partial charge in [-0.3, -0.25) is 9.59 Å². The first-order chi connectivity index (χ1) is 12.1. The number of hydrogen-bond acceptors (Lipinski definition) is 4. The maximum atomic E-state index is 12.8. The number of methoxy groups -OCH3 is 1. The molecular weight excluding hydrogens is 348 g/mol. The summed E-state index contributed by atoms with van der Waals surface area (Å²) in [7, 11) is 3.40. The lowest BCUT2D eigenvalue weighted by Crippen LogP contribution is -2.27. The number of ether oxygens (including phenoxy) is 1. The number of carbonyl (C=O) groups excluding carboxylic acids is 2. The van der Waals surface area contributed by atoms with Crippen LogP contribution >= 0.6 is 11.3 Å². The number of thiophene rings is 1. The van der Waals surface area contributed by atoms with E-state index in [-0.39, 0.29) is 11.8 Å². The van der Waals surface area contributed by atoms with Crippen molar-refractivity contribution in [1.29, 1.82) is 0 Å². The van der Waals surface area contributed by atoms with E-state index in [2.05, 4.69) is 5.32 Å². The zero-order chi connectivity index (χ0) is 19.5. The van der Waals surface area contributed by atoms with Crippen molar-refractivity contribution in [3.63, 3.8) is 0 Å². The van der Waals surface area contributed by atoms with Crippen LogP contribution < -0.4 is 10.1 Å². The molecule has 5 nitrogen and oxygen atoms in total. The number of anilines is 1. The van der Waals surface area contributed by atoms with Gasteiger partial charge < -0.3 is 15.0 Å². The molecule has 6 heteroatoms. The van der Waals surface area contributed by atoms with Crippen molar-refractivity contribution < 1.29 is 14.3 Å². The molecule has 0 aliphatic carbocycles. The largest absolute Gasteiger partial charge is 0.497 e. The van der Waals surface area contributed by atoms with Gasteiger partial charge in [-0.1, -0.05) is 32.9 Å². The van der Waals surface area contributed by atoms with Crippen molar-refractivity contribution in [2.45, 2.75) is 34.2 Å². The van der Waals surface area contributed by atoms with E-state index in [1.807, 2.05) is 58.0 Å². The highest BCUT2D eigenvalue weighted by Gasteiger charge is 2.23. The van der Waals surface area contributed by atoms with Crippen LogP contribution in [0.3, 0.4) is 0 Å². The van der Waals surface area contributed by atoms with Crippen molar-refractivity contribution in [1.82, 2.24) is 4.90 Å². The first-order valence-corrected chi connectivity index (χ1v) is 9.23. The normalized spacial score (nSPS) is 11.2. The van der Waals surface area contributed by atoms with Crippen LogP contribution in [0.4, 0.5) is 5.00 Å². The highest BCUT2D eigenvalue weighted by molar-refractivity contribution is 7.18. The molecule has 2 rings (SSSR count). The van der Waals surface area contributed by atoms with E-state index in [9.17, 15) is 9.59 Å². The van der Waals surface area contributed by atoms with Crippen molar-refractivity contribution >= 4 is 28.2 Å². The fraction of sp³-hybridized carbons (Fsp3) is 0.400. The number of aryl methyl sites for hydroxylation is 1. The number of nitrogens with zero attached hydrogens (tertiary/aromatic N) is 1. The van der Waals surface area contributed by atoms with Crippen molar-refractivity contribution in [3.05, 3.63) is 46.3 Å². The summed E-state index contributed by atoms with van der Waals surface area (Å²) in [6.45, 7) is 7.97. The summed E-state index contributed by atoms with van der Waals surface area (Å²) in [5.41, 5.74) is 1.41. The molecule has 0 fully saturated rings. The summed E-state index contributed by atoms with van der Waals surface area (Å²) in [5, 5.41) is 3.59. The minimum atomic E-state index is -0.479. The molecule has 0 atom stereocenters. The minimum Gasteiger partial charge on any atom is -0.497 e.